The number of ether oxygens (including phenoxy) is 1. The number of hydrogen-bond acceptors (Lipinski definition) is 4. The van der Waals surface area contributed by atoms with Crippen LogP contribution >= 0.6 is 11.6 Å². The fourth-order valence-corrected chi connectivity index (χ4v) is 3.34. The van der Waals surface area contributed by atoms with Crippen LogP contribution in [0.1, 0.15) is 6.92 Å². The number of methoxy groups -OCH3 is 1. The molecule has 0 radical (unpaired) electrons. The second-order valence-electron chi connectivity index (χ2n) is 4.28. The van der Waals surface area contributed by atoms with Gasteiger partial charge in [-0.05, 0) is 18.2 Å². The van der Waals surface area contributed by atoms with Crippen molar-refractivity contribution in [1.29, 1.82) is 0 Å². The van der Waals surface area contributed by atoms with E-state index in [2.05, 4.69) is 4.74 Å². The largest absolute Gasteiger partial charge is 0.469 e. The number of halogens is 2. The van der Waals surface area contributed by atoms with Gasteiger partial charge >= 0.3 is 5.97 Å². The maximum absolute atomic E-state index is 13.2. The van der Waals surface area contributed by atoms with E-state index >= 15 is 0 Å². The van der Waals surface area contributed by atoms with Crippen LogP contribution in [0.25, 0.3) is 0 Å². The van der Waals surface area contributed by atoms with Crippen LogP contribution in [-0.4, -0.2) is 39.4 Å². The van der Waals surface area contributed by atoms with Gasteiger partial charge in [0.1, 0.15) is 10.7 Å². The fourth-order valence-electron chi connectivity index (χ4n) is 1.60. The number of benzene rings is 1. The molecule has 0 aliphatic carbocycles. The third kappa shape index (κ3) is 3.68. The Morgan fingerprint density at radius 1 is 1.50 bits per heavy atom. The van der Waals surface area contributed by atoms with Crippen molar-refractivity contribution in [3.63, 3.8) is 0 Å². The zero-order valence-electron chi connectivity index (χ0n) is 11.3. The number of esters is 1. The lowest BCUT2D eigenvalue weighted by atomic mass is 10.2. The smallest absolute Gasteiger partial charge is 0.309 e. The Labute approximate surface area is 122 Å². The molecular formula is C12H15ClFNO4S. The number of carbonyl (C=O) groups excluding carboxylic acids is 1. The van der Waals surface area contributed by atoms with Crippen LogP contribution < -0.4 is 0 Å². The van der Waals surface area contributed by atoms with Crippen molar-refractivity contribution in [2.24, 2.45) is 5.92 Å². The van der Waals surface area contributed by atoms with Crippen LogP contribution in [0.5, 0.6) is 0 Å². The van der Waals surface area contributed by atoms with Gasteiger partial charge in [0.15, 0.2) is 0 Å². The van der Waals surface area contributed by atoms with Gasteiger partial charge in [-0.25, -0.2) is 17.1 Å². The molecule has 0 aromatic heterocycles. The van der Waals surface area contributed by atoms with Crippen molar-refractivity contribution in [2.45, 2.75) is 11.8 Å². The van der Waals surface area contributed by atoms with Crippen LogP contribution in [0, 0.1) is 11.7 Å². The SMILES string of the molecule is COC(=O)C(C)CN(C)S(=O)(=O)c1cc(F)ccc1Cl. The molecule has 0 bridgehead atoms. The van der Waals surface area contributed by atoms with Crippen molar-refractivity contribution in [2.75, 3.05) is 20.7 Å². The van der Waals surface area contributed by atoms with Gasteiger partial charge < -0.3 is 4.74 Å². The Morgan fingerprint density at radius 3 is 2.65 bits per heavy atom. The van der Waals surface area contributed by atoms with E-state index < -0.39 is 27.7 Å². The van der Waals surface area contributed by atoms with E-state index in [0.29, 0.717) is 0 Å². The van der Waals surface area contributed by atoms with Crippen molar-refractivity contribution < 1.29 is 22.3 Å². The molecule has 1 aromatic rings. The zero-order valence-corrected chi connectivity index (χ0v) is 12.8. The minimum atomic E-state index is -3.98. The second kappa shape index (κ2) is 6.51. The molecule has 0 saturated heterocycles. The maximum atomic E-state index is 13.2. The third-order valence-electron chi connectivity index (χ3n) is 2.72. The summed E-state index contributed by atoms with van der Waals surface area (Å²) in [6.07, 6.45) is 0. The highest BCUT2D eigenvalue weighted by atomic mass is 35.5. The molecule has 0 spiro atoms. The zero-order chi connectivity index (χ0) is 15.5. The predicted octanol–water partition coefficient (Wildman–Crippen LogP) is 1.91. The molecular weight excluding hydrogens is 309 g/mol. The van der Waals surface area contributed by atoms with Crippen molar-refractivity contribution in [3.8, 4) is 0 Å². The standard InChI is InChI=1S/C12H15ClFNO4S/c1-8(12(16)19-3)7-15(2)20(17,18)11-6-9(14)4-5-10(11)13/h4-6,8H,7H2,1-3H3. The number of carbonyl (C=O) groups is 1. The van der Waals surface area contributed by atoms with Gasteiger partial charge in [0.05, 0.1) is 18.1 Å². The van der Waals surface area contributed by atoms with Crippen LogP contribution in [0.4, 0.5) is 4.39 Å². The fraction of sp³-hybridized carbons (Fsp3) is 0.417. The van der Waals surface area contributed by atoms with E-state index in [1.807, 2.05) is 0 Å². The quantitative estimate of drug-likeness (QED) is 0.776. The summed E-state index contributed by atoms with van der Waals surface area (Å²) in [7, 11) is -1.47. The van der Waals surface area contributed by atoms with Gasteiger partial charge in [0.25, 0.3) is 0 Å². The summed E-state index contributed by atoms with van der Waals surface area (Å²) in [6, 6.07) is 3.08. The Kier molecular flexibility index (Phi) is 5.50. The molecule has 0 N–H and O–H groups in total. The average Bonchev–Trinajstić information content (AvgIpc) is 2.40. The topological polar surface area (TPSA) is 63.7 Å². The second-order valence-corrected chi connectivity index (χ2v) is 6.70. The Hall–Kier alpha value is -1.18. The van der Waals surface area contributed by atoms with E-state index in [9.17, 15) is 17.6 Å². The molecule has 5 nitrogen and oxygen atoms in total. The van der Waals surface area contributed by atoms with Crippen molar-refractivity contribution >= 4 is 27.6 Å². The predicted molar refractivity (Wildman–Crippen MR) is 72.4 cm³/mol. The van der Waals surface area contributed by atoms with E-state index in [0.717, 1.165) is 16.4 Å². The summed E-state index contributed by atoms with van der Waals surface area (Å²) >= 11 is 5.79. The van der Waals surface area contributed by atoms with Gasteiger partial charge in [-0.15, -0.1) is 0 Å². The first-order valence-corrected chi connectivity index (χ1v) is 7.51. The lowest BCUT2D eigenvalue weighted by molar-refractivity contribution is -0.144. The van der Waals surface area contributed by atoms with Gasteiger partial charge in [-0.2, -0.15) is 0 Å². The molecule has 1 unspecified atom stereocenters. The molecule has 20 heavy (non-hydrogen) atoms. The lowest BCUT2D eigenvalue weighted by Crippen LogP contribution is -2.34. The first kappa shape index (κ1) is 16.9. The summed E-state index contributed by atoms with van der Waals surface area (Å²) in [4.78, 5) is 11.0. The summed E-state index contributed by atoms with van der Waals surface area (Å²) in [5, 5.41) is -0.0797. The number of sulfonamides is 1. The minimum Gasteiger partial charge on any atom is -0.469 e. The van der Waals surface area contributed by atoms with Crippen LogP contribution in [-0.2, 0) is 19.6 Å². The van der Waals surface area contributed by atoms with Gasteiger partial charge in [-0.3, -0.25) is 4.79 Å². The molecule has 8 heteroatoms. The number of rotatable bonds is 5. The summed E-state index contributed by atoms with van der Waals surface area (Å²) < 4.78 is 43.2. The highest BCUT2D eigenvalue weighted by Gasteiger charge is 2.27. The summed E-state index contributed by atoms with van der Waals surface area (Å²) in [5.74, 6) is -1.88. The van der Waals surface area contributed by atoms with Gasteiger partial charge in [-0.1, -0.05) is 18.5 Å². The summed E-state index contributed by atoms with van der Waals surface area (Å²) in [5.41, 5.74) is 0. The highest BCUT2D eigenvalue weighted by Crippen LogP contribution is 2.25. The van der Waals surface area contributed by atoms with E-state index in [1.165, 1.54) is 27.1 Å². The van der Waals surface area contributed by atoms with E-state index in [1.54, 1.807) is 0 Å². The molecule has 0 aliphatic rings. The van der Waals surface area contributed by atoms with Crippen LogP contribution in [0.15, 0.2) is 23.1 Å². The van der Waals surface area contributed by atoms with Crippen molar-refractivity contribution in [3.05, 3.63) is 29.0 Å². The van der Waals surface area contributed by atoms with Crippen molar-refractivity contribution in [1.82, 2.24) is 4.31 Å². The van der Waals surface area contributed by atoms with E-state index in [-0.39, 0.29) is 16.5 Å². The number of hydrogen-bond donors (Lipinski definition) is 0. The summed E-state index contributed by atoms with van der Waals surface area (Å²) in [6.45, 7) is 1.44. The molecule has 0 aliphatic heterocycles. The molecule has 1 atom stereocenters. The molecule has 0 fully saturated rings. The monoisotopic (exact) mass is 323 g/mol. The molecule has 0 heterocycles. The normalized spacial score (nSPS) is 13.3. The van der Waals surface area contributed by atoms with E-state index in [4.69, 9.17) is 11.6 Å². The van der Waals surface area contributed by atoms with Gasteiger partial charge in [0, 0.05) is 13.6 Å². The maximum Gasteiger partial charge on any atom is 0.309 e. The average molecular weight is 324 g/mol. The lowest BCUT2D eigenvalue weighted by Gasteiger charge is -2.20. The molecule has 0 amide bonds. The first-order chi connectivity index (χ1) is 9.20. The highest BCUT2D eigenvalue weighted by molar-refractivity contribution is 7.89. The molecule has 1 aromatic carbocycles. The molecule has 0 saturated carbocycles. The Balaban J connectivity index is 3.04. The molecule has 112 valence electrons. The van der Waals surface area contributed by atoms with Gasteiger partial charge in [0.2, 0.25) is 10.0 Å². The Morgan fingerprint density at radius 2 is 2.10 bits per heavy atom. The Bertz CT molecular complexity index is 605. The van der Waals surface area contributed by atoms with Crippen LogP contribution in [0.3, 0.4) is 0 Å². The third-order valence-corrected chi connectivity index (χ3v) is 5.02. The van der Waals surface area contributed by atoms with Crippen LogP contribution in [0.2, 0.25) is 5.02 Å². The number of nitrogens with zero attached hydrogens (tertiary/aromatic N) is 1. The first-order valence-electron chi connectivity index (χ1n) is 5.69. The minimum absolute atomic E-state index is 0.0797. The molecule has 1 rings (SSSR count).